The van der Waals surface area contributed by atoms with Crippen molar-refractivity contribution < 1.29 is 0 Å². The fraction of sp³-hybridized carbons (Fsp3) is 0.294. The molecule has 5 rings (SSSR count). The first-order valence-electron chi connectivity index (χ1n) is 8.76. The van der Waals surface area contributed by atoms with E-state index in [1.54, 1.807) is 0 Å². The molecule has 0 saturated carbocycles. The van der Waals surface area contributed by atoms with Crippen LogP contribution in [-0.2, 0) is 0 Å². The van der Waals surface area contributed by atoms with Crippen LogP contribution in [0.3, 0.4) is 0 Å². The van der Waals surface area contributed by atoms with Crippen molar-refractivity contribution in [3.05, 3.63) is 36.4 Å². The summed E-state index contributed by atoms with van der Waals surface area (Å²) < 4.78 is 1.84. The van der Waals surface area contributed by atoms with Gasteiger partial charge in [0.2, 0.25) is 5.95 Å². The van der Waals surface area contributed by atoms with Crippen LogP contribution in [0.1, 0.15) is 12.8 Å². The second kappa shape index (κ2) is 6.26. The molecule has 0 aliphatic carbocycles. The van der Waals surface area contributed by atoms with Crippen molar-refractivity contribution in [2.75, 3.05) is 23.7 Å². The van der Waals surface area contributed by atoms with E-state index in [2.05, 4.69) is 41.4 Å². The van der Waals surface area contributed by atoms with Gasteiger partial charge in [-0.3, -0.25) is 0 Å². The third-order valence-electron chi connectivity index (χ3n) is 4.58. The zero-order chi connectivity index (χ0) is 17.3. The van der Waals surface area contributed by atoms with E-state index >= 15 is 0 Å². The number of anilines is 3. The van der Waals surface area contributed by atoms with Gasteiger partial charge in [0.1, 0.15) is 16.9 Å². The smallest absolute Gasteiger partial charge is 0.247 e. The van der Waals surface area contributed by atoms with E-state index < -0.39 is 0 Å². The fourth-order valence-corrected chi connectivity index (χ4v) is 3.30. The summed E-state index contributed by atoms with van der Waals surface area (Å²) in [5, 5.41) is 25.6. The van der Waals surface area contributed by atoms with Gasteiger partial charge in [-0.05, 0) is 49.7 Å². The monoisotopic (exact) mass is 349 g/mol. The molecule has 0 amide bonds. The summed E-state index contributed by atoms with van der Waals surface area (Å²) >= 11 is 0. The lowest BCUT2D eigenvalue weighted by atomic mass is 10.1. The van der Waals surface area contributed by atoms with Crippen LogP contribution >= 0.6 is 0 Å². The van der Waals surface area contributed by atoms with Crippen LogP contribution in [0.25, 0.3) is 16.7 Å². The van der Waals surface area contributed by atoms with Gasteiger partial charge in [0.05, 0.1) is 0 Å². The van der Waals surface area contributed by atoms with E-state index in [0.717, 1.165) is 47.7 Å². The molecule has 1 aliphatic heterocycles. The summed E-state index contributed by atoms with van der Waals surface area (Å²) in [6.45, 7) is 2.06. The average molecular weight is 349 g/mol. The number of fused-ring (bicyclic) bond motifs is 2. The normalized spacial score (nSPS) is 17.6. The minimum Gasteiger partial charge on any atom is -0.366 e. The Labute approximate surface area is 149 Å². The Hall–Kier alpha value is -3.20. The molecule has 4 heterocycles. The van der Waals surface area contributed by atoms with Crippen molar-refractivity contribution in [3.8, 4) is 0 Å². The van der Waals surface area contributed by atoms with Gasteiger partial charge in [-0.1, -0.05) is 6.07 Å². The zero-order valence-corrected chi connectivity index (χ0v) is 14.1. The molecule has 26 heavy (non-hydrogen) atoms. The van der Waals surface area contributed by atoms with Gasteiger partial charge in [-0.15, -0.1) is 5.10 Å². The molecule has 0 spiro atoms. The Bertz CT molecular complexity index is 1040. The van der Waals surface area contributed by atoms with Crippen LogP contribution in [0.15, 0.2) is 36.4 Å². The number of aromatic amines is 1. The Balaban J connectivity index is 1.42. The molecule has 1 aromatic carbocycles. The fourth-order valence-electron chi connectivity index (χ4n) is 3.30. The summed E-state index contributed by atoms with van der Waals surface area (Å²) in [6, 6.07) is 12.1. The van der Waals surface area contributed by atoms with E-state index in [0.29, 0.717) is 12.0 Å². The number of nitrogens with one attached hydrogen (secondary N) is 4. The van der Waals surface area contributed by atoms with Gasteiger partial charge in [0.15, 0.2) is 5.65 Å². The van der Waals surface area contributed by atoms with E-state index in [4.69, 9.17) is 0 Å². The first-order valence-corrected chi connectivity index (χ1v) is 8.76. The predicted molar refractivity (Wildman–Crippen MR) is 99.7 cm³/mol. The van der Waals surface area contributed by atoms with Crippen LogP contribution in [0, 0.1) is 0 Å². The lowest BCUT2D eigenvalue weighted by Gasteiger charge is -2.24. The minimum atomic E-state index is 0.407. The summed E-state index contributed by atoms with van der Waals surface area (Å²) in [5.74, 6) is 1.49. The minimum absolute atomic E-state index is 0.407. The van der Waals surface area contributed by atoms with E-state index in [1.807, 2.05) is 40.9 Å². The molecule has 132 valence electrons. The number of piperidine rings is 1. The molecule has 4 aromatic rings. The second-order valence-corrected chi connectivity index (χ2v) is 6.46. The molecular formula is C17H19N9. The molecule has 1 saturated heterocycles. The van der Waals surface area contributed by atoms with Crippen molar-refractivity contribution in [1.82, 2.24) is 35.3 Å². The molecule has 4 N–H and O–H groups in total. The number of hydrogen-bond donors (Lipinski definition) is 4. The van der Waals surface area contributed by atoms with Crippen molar-refractivity contribution in [2.45, 2.75) is 18.9 Å². The Morgan fingerprint density at radius 1 is 1.12 bits per heavy atom. The predicted octanol–water partition coefficient (Wildman–Crippen LogP) is 1.91. The van der Waals surface area contributed by atoms with Gasteiger partial charge in [-0.25, -0.2) is 0 Å². The highest BCUT2D eigenvalue weighted by molar-refractivity contribution is 5.79. The van der Waals surface area contributed by atoms with Crippen molar-refractivity contribution in [2.24, 2.45) is 0 Å². The van der Waals surface area contributed by atoms with Crippen LogP contribution in [0.4, 0.5) is 17.5 Å². The summed E-state index contributed by atoms with van der Waals surface area (Å²) in [4.78, 5) is 4.57. The third kappa shape index (κ3) is 2.82. The summed E-state index contributed by atoms with van der Waals surface area (Å²) in [7, 11) is 0. The third-order valence-corrected chi connectivity index (χ3v) is 4.58. The van der Waals surface area contributed by atoms with Crippen molar-refractivity contribution >= 4 is 34.1 Å². The van der Waals surface area contributed by atoms with Crippen LogP contribution in [0.5, 0.6) is 0 Å². The topological polar surface area (TPSA) is 108 Å². The first kappa shape index (κ1) is 15.1. The number of rotatable bonds is 4. The molecule has 3 aromatic heterocycles. The molecule has 0 bridgehead atoms. The number of H-pyrrole nitrogens is 1. The second-order valence-electron chi connectivity index (χ2n) is 6.46. The van der Waals surface area contributed by atoms with E-state index in [1.165, 1.54) is 6.42 Å². The van der Waals surface area contributed by atoms with Crippen LogP contribution in [-0.4, -0.2) is 49.1 Å². The highest BCUT2D eigenvalue weighted by atomic mass is 15.4. The van der Waals surface area contributed by atoms with Crippen molar-refractivity contribution in [1.29, 1.82) is 0 Å². The van der Waals surface area contributed by atoms with E-state index in [9.17, 15) is 0 Å². The molecule has 9 nitrogen and oxygen atoms in total. The number of benzene rings is 1. The summed E-state index contributed by atoms with van der Waals surface area (Å²) in [6.07, 6.45) is 2.34. The van der Waals surface area contributed by atoms with Crippen LogP contribution in [0.2, 0.25) is 0 Å². The standard InChI is InChI=1S/C17H19N9/c1-4-15(19-12-3-2-8-18-10-12)26-16(5-1)21-17(24-26)20-11-6-7-13-14(9-11)23-25-22-13/h1,4-7,9,12,18-19H,2-3,8,10H2,(H,20,24)(H,22,23,25)/t12-/m1/s1. The van der Waals surface area contributed by atoms with Gasteiger partial charge in [-0.2, -0.15) is 24.9 Å². The first-order chi connectivity index (χ1) is 12.8. The Morgan fingerprint density at radius 3 is 3.00 bits per heavy atom. The maximum absolute atomic E-state index is 4.61. The molecule has 9 heteroatoms. The molecule has 1 atom stereocenters. The molecular weight excluding hydrogens is 330 g/mol. The lowest BCUT2D eigenvalue weighted by molar-refractivity contribution is 0.478. The van der Waals surface area contributed by atoms with Crippen molar-refractivity contribution in [3.63, 3.8) is 0 Å². The number of pyridine rings is 1. The molecule has 1 aliphatic rings. The summed E-state index contributed by atoms with van der Waals surface area (Å²) in [5.41, 5.74) is 3.29. The molecule has 0 unspecified atom stereocenters. The maximum Gasteiger partial charge on any atom is 0.247 e. The van der Waals surface area contributed by atoms with Gasteiger partial charge < -0.3 is 16.0 Å². The lowest BCUT2D eigenvalue weighted by Crippen LogP contribution is -2.38. The number of nitrogens with zero attached hydrogens (tertiary/aromatic N) is 5. The van der Waals surface area contributed by atoms with Crippen LogP contribution < -0.4 is 16.0 Å². The number of hydrogen-bond acceptors (Lipinski definition) is 7. The van der Waals surface area contributed by atoms with Gasteiger partial charge in [0, 0.05) is 18.3 Å². The maximum atomic E-state index is 4.61. The number of aromatic nitrogens is 6. The van der Waals surface area contributed by atoms with Gasteiger partial charge in [0.25, 0.3) is 0 Å². The van der Waals surface area contributed by atoms with Gasteiger partial charge >= 0.3 is 0 Å². The quantitative estimate of drug-likeness (QED) is 0.446. The SMILES string of the molecule is c1cc(N[C@@H]2CCCNC2)n2nc(Nc3ccc4n[nH]nc4c3)nc2c1. The highest BCUT2D eigenvalue weighted by Gasteiger charge is 2.15. The Kier molecular flexibility index (Phi) is 3.64. The zero-order valence-electron chi connectivity index (χ0n) is 14.1. The molecule has 0 radical (unpaired) electrons. The van der Waals surface area contributed by atoms with E-state index in [-0.39, 0.29) is 0 Å². The average Bonchev–Trinajstić information content (AvgIpc) is 3.29. The highest BCUT2D eigenvalue weighted by Crippen LogP contribution is 2.20. The molecule has 1 fully saturated rings. The Morgan fingerprint density at radius 2 is 2.08 bits per heavy atom. The largest absolute Gasteiger partial charge is 0.366 e.